The second-order valence-corrected chi connectivity index (χ2v) is 0. The van der Waals surface area contributed by atoms with Crippen molar-refractivity contribution in [1.29, 1.82) is 0 Å². The first-order valence-corrected chi connectivity index (χ1v) is 0. The minimum atomic E-state index is 0. The van der Waals surface area contributed by atoms with Crippen LogP contribution in [0.15, 0.2) is 0 Å². The molecule has 4 heteroatoms. The summed E-state index contributed by atoms with van der Waals surface area (Å²) in [4.78, 5) is 0. The summed E-state index contributed by atoms with van der Waals surface area (Å²) in [5, 5.41) is 0. The first-order chi connectivity index (χ1) is 0. The summed E-state index contributed by atoms with van der Waals surface area (Å²) in [5.74, 6) is 0. The van der Waals surface area contributed by atoms with Crippen molar-refractivity contribution in [1.82, 2.24) is 0 Å². The average Bonchev–Trinajstić information content (AvgIpc) is 0. The largest absolute Gasteiger partial charge is 0.147 e. The van der Waals surface area contributed by atoms with Crippen LogP contribution in [-0.4, -0.2) is 0 Å². The van der Waals surface area contributed by atoms with E-state index in [1.165, 1.54) is 0 Å². The van der Waals surface area contributed by atoms with Gasteiger partial charge in [0.2, 0.25) is 0 Å². The quantitative estimate of drug-likeness (QED) is 0.547. The Hall–Kier alpha value is 1.82. The van der Waals surface area contributed by atoms with Gasteiger partial charge in [0.05, 0.1) is 0 Å². The first-order valence-electron chi connectivity index (χ1n) is 0. The van der Waals surface area contributed by atoms with Crippen molar-refractivity contribution in [3.63, 3.8) is 0 Å². The van der Waals surface area contributed by atoms with Gasteiger partial charge in [-0.25, -0.2) is 0 Å². The molecule has 0 nitrogen and oxygen atoms in total. The van der Waals surface area contributed by atoms with Gasteiger partial charge >= 0.3 is 0 Å². The van der Waals surface area contributed by atoms with E-state index in [-0.39, 0.29) is 63.8 Å². The van der Waals surface area contributed by atoms with Crippen molar-refractivity contribution in [2.75, 3.05) is 0 Å². The van der Waals surface area contributed by atoms with Gasteiger partial charge in [-0.3, -0.25) is 0 Å². The number of hydrogen-bond donors (Lipinski definition) is 0. The zero-order valence-electron chi connectivity index (χ0n) is 1.53. The van der Waals surface area contributed by atoms with Gasteiger partial charge in [0.1, 0.15) is 0 Å². The molecule has 0 rings (SSSR count). The van der Waals surface area contributed by atoms with Crippen LogP contribution in [0, 0.1) is 0 Å². The standard InChI is InChI=1S/BrH.ClH.Cr.Cu/h2*1H;;. The summed E-state index contributed by atoms with van der Waals surface area (Å²) < 4.78 is 0. The van der Waals surface area contributed by atoms with E-state index in [9.17, 15) is 0 Å². The average molecular weight is 233 g/mol. The van der Waals surface area contributed by atoms with E-state index in [0.29, 0.717) is 0 Å². The van der Waals surface area contributed by atoms with Gasteiger partial charge in [-0.1, -0.05) is 0 Å². The van der Waals surface area contributed by atoms with Crippen LogP contribution in [0.2, 0.25) is 0 Å². The van der Waals surface area contributed by atoms with Crippen molar-refractivity contribution in [3.05, 3.63) is 0 Å². The molecule has 0 amide bonds. The third-order valence-electron chi connectivity index (χ3n) is 0. The van der Waals surface area contributed by atoms with Crippen LogP contribution < -0.4 is 0 Å². The summed E-state index contributed by atoms with van der Waals surface area (Å²) in [7, 11) is 0. The molecular weight excluding hydrogens is 231 g/mol. The van der Waals surface area contributed by atoms with Gasteiger partial charge in [-0.2, -0.15) is 0 Å². The van der Waals surface area contributed by atoms with E-state index in [1.807, 2.05) is 0 Å². The topological polar surface area (TPSA) is 0 Å². The Bertz CT molecular complexity index is 8.00. The normalized spacial score (nSPS) is 0. The summed E-state index contributed by atoms with van der Waals surface area (Å²) >= 11 is 0. The van der Waals surface area contributed by atoms with E-state index in [4.69, 9.17) is 0 Å². The fourth-order valence-electron chi connectivity index (χ4n) is 0. The number of halogens is 2. The molecule has 0 heterocycles. The Morgan fingerprint density at radius 2 is 1.00 bits per heavy atom. The maximum Gasteiger partial charge on any atom is 0 e. The van der Waals surface area contributed by atoms with E-state index < -0.39 is 0 Å². The van der Waals surface area contributed by atoms with Crippen LogP contribution in [0.1, 0.15) is 0 Å². The van der Waals surface area contributed by atoms with Gasteiger partial charge < -0.3 is 0 Å². The molecule has 1 radical (unpaired) electrons. The maximum atomic E-state index is 0. The van der Waals surface area contributed by atoms with Crippen molar-refractivity contribution in [3.8, 4) is 0 Å². The summed E-state index contributed by atoms with van der Waals surface area (Å²) in [5.41, 5.74) is 0. The Kier molecular flexibility index (Phi) is 216. The molecule has 0 atom stereocenters. The summed E-state index contributed by atoms with van der Waals surface area (Å²) in [6.45, 7) is 0. The third kappa shape index (κ3) is 9.17. The number of rotatable bonds is 0. The zero-order chi connectivity index (χ0) is 0. The molecule has 4 heavy (non-hydrogen) atoms. The fraction of sp³-hybridized carbons (Fsp3) is 0. The predicted molar refractivity (Wildman–Crippen MR) is 17.6 cm³/mol. The summed E-state index contributed by atoms with van der Waals surface area (Å²) in [6, 6.07) is 0. The van der Waals surface area contributed by atoms with Crippen molar-refractivity contribution >= 4 is 29.4 Å². The molecule has 0 aromatic carbocycles. The molecule has 0 aromatic rings. The molecule has 33 valence electrons. The smallest absolute Gasteiger partial charge is 0 e. The van der Waals surface area contributed by atoms with Crippen molar-refractivity contribution < 1.29 is 34.4 Å². The van der Waals surface area contributed by atoms with Crippen LogP contribution in [-0.2, 0) is 34.4 Å². The second-order valence-electron chi connectivity index (χ2n) is 0. The molecule has 0 bridgehead atoms. The van der Waals surface area contributed by atoms with Gasteiger partial charge in [0, 0.05) is 34.4 Å². The van der Waals surface area contributed by atoms with Gasteiger partial charge in [0.25, 0.3) is 0 Å². The molecule has 0 spiro atoms. The van der Waals surface area contributed by atoms with E-state index in [2.05, 4.69) is 0 Å². The molecule has 0 saturated heterocycles. The monoisotopic (exact) mass is 231 g/mol. The zero-order valence-corrected chi connectivity index (χ0v) is 6.27. The predicted octanol–water partition coefficient (Wildman–Crippen LogP) is 0.995. The minimum Gasteiger partial charge on any atom is -0.147 e. The Morgan fingerprint density at radius 3 is 1.00 bits per heavy atom. The van der Waals surface area contributed by atoms with E-state index in [0.717, 1.165) is 0 Å². The van der Waals surface area contributed by atoms with Gasteiger partial charge in [-0.05, 0) is 0 Å². The SMILES string of the molecule is Br.Cl.[Cr].[Cu]. The molecule has 0 saturated carbocycles. The van der Waals surface area contributed by atoms with Crippen molar-refractivity contribution in [2.24, 2.45) is 0 Å². The Balaban J connectivity index is 0. The molecular formula is H2BrClCrCu. The van der Waals surface area contributed by atoms with Gasteiger partial charge in [0.15, 0.2) is 0 Å². The second kappa shape index (κ2) is 21.2. The number of hydrogen-bond acceptors (Lipinski definition) is 0. The molecule has 0 aliphatic rings. The van der Waals surface area contributed by atoms with Crippen LogP contribution in [0.3, 0.4) is 0 Å². The van der Waals surface area contributed by atoms with Crippen LogP contribution in [0.5, 0.6) is 0 Å². The molecule has 0 aromatic heterocycles. The van der Waals surface area contributed by atoms with Crippen LogP contribution >= 0.6 is 29.4 Å². The third-order valence-corrected chi connectivity index (χ3v) is 0. The van der Waals surface area contributed by atoms with E-state index >= 15 is 0 Å². The Morgan fingerprint density at radius 1 is 1.00 bits per heavy atom. The van der Waals surface area contributed by atoms with E-state index in [1.54, 1.807) is 0 Å². The van der Waals surface area contributed by atoms with Gasteiger partial charge in [-0.15, -0.1) is 29.4 Å². The molecule has 0 aliphatic carbocycles. The maximum absolute atomic E-state index is 0. The first kappa shape index (κ1) is 40.8. The molecule has 0 fully saturated rings. The van der Waals surface area contributed by atoms with Crippen molar-refractivity contribution in [2.45, 2.75) is 0 Å². The molecule has 0 aliphatic heterocycles. The molecule has 0 unspecified atom stereocenters. The summed E-state index contributed by atoms with van der Waals surface area (Å²) in [6.07, 6.45) is 0. The Labute approximate surface area is 63.5 Å². The van der Waals surface area contributed by atoms with Crippen LogP contribution in [0.25, 0.3) is 0 Å². The van der Waals surface area contributed by atoms with Crippen LogP contribution in [0.4, 0.5) is 0 Å². The fourth-order valence-corrected chi connectivity index (χ4v) is 0. The minimum absolute atomic E-state index is 0. The molecule has 0 N–H and O–H groups in total.